The van der Waals surface area contributed by atoms with Crippen molar-refractivity contribution in [2.75, 3.05) is 11.5 Å². The van der Waals surface area contributed by atoms with Crippen molar-refractivity contribution in [3.05, 3.63) is 29.8 Å². The first-order chi connectivity index (χ1) is 8.29. The van der Waals surface area contributed by atoms with Crippen LogP contribution in [0.15, 0.2) is 18.2 Å². The number of rotatable bonds is 2. The molecule has 3 rings (SSSR count). The Morgan fingerprint density at radius 1 is 1.53 bits per heavy atom. The van der Waals surface area contributed by atoms with Crippen molar-refractivity contribution in [1.82, 2.24) is 9.55 Å². The van der Waals surface area contributed by atoms with Crippen LogP contribution in [0.25, 0.3) is 11.0 Å². The predicted molar refractivity (Wildman–Crippen MR) is 70.2 cm³/mol. The van der Waals surface area contributed by atoms with E-state index in [-0.39, 0.29) is 5.82 Å². The minimum atomic E-state index is -0.246. The Kier molecular flexibility index (Phi) is 3.01. The highest BCUT2D eigenvalue weighted by molar-refractivity contribution is 7.99. The Hall–Kier alpha value is -0.740. The number of fused-ring (bicyclic) bond motifs is 1. The number of thioether (sulfide) groups is 1. The number of halogens is 2. The van der Waals surface area contributed by atoms with E-state index in [4.69, 9.17) is 11.6 Å². The molecule has 1 unspecified atom stereocenters. The summed E-state index contributed by atoms with van der Waals surface area (Å²) < 4.78 is 15.4. The van der Waals surface area contributed by atoms with Crippen molar-refractivity contribution in [3.63, 3.8) is 0 Å². The molecule has 1 saturated heterocycles. The van der Waals surface area contributed by atoms with Crippen LogP contribution in [0.1, 0.15) is 18.3 Å². The van der Waals surface area contributed by atoms with Gasteiger partial charge in [-0.05, 0) is 24.3 Å². The average molecular weight is 271 g/mol. The Balaban J connectivity index is 2.19. The lowest BCUT2D eigenvalue weighted by molar-refractivity contribution is 0.558. The molecule has 0 amide bonds. The summed E-state index contributed by atoms with van der Waals surface area (Å²) in [6.07, 6.45) is 1.14. The summed E-state index contributed by atoms with van der Waals surface area (Å²) in [5, 5.41) is 0. The molecule has 0 N–H and O–H groups in total. The van der Waals surface area contributed by atoms with Crippen LogP contribution in [0.4, 0.5) is 4.39 Å². The third kappa shape index (κ3) is 1.93. The van der Waals surface area contributed by atoms with Gasteiger partial charge in [-0.3, -0.25) is 0 Å². The van der Waals surface area contributed by atoms with E-state index in [2.05, 4.69) is 9.55 Å². The third-order valence-corrected chi connectivity index (χ3v) is 4.50. The van der Waals surface area contributed by atoms with Crippen molar-refractivity contribution >= 4 is 34.4 Å². The molecule has 17 heavy (non-hydrogen) atoms. The van der Waals surface area contributed by atoms with Gasteiger partial charge in [0.1, 0.15) is 11.6 Å². The van der Waals surface area contributed by atoms with Crippen LogP contribution in [0.2, 0.25) is 0 Å². The summed E-state index contributed by atoms with van der Waals surface area (Å²) in [7, 11) is 0. The largest absolute Gasteiger partial charge is 0.323 e. The van der Waals surface area contributed by atoms with E-state index in [0.717, 1.165) is 23.5 Å². The summed E-state index contributed by atoms with van der Waals surface area (Å²) in [4.78, 5) is 4.42. The fourth-order valence-electron chi connectivity index (χ4n) is 2.35. The Morgan fingerprint density at radius 3 is 3.12 bits per heavy atom. The Bertz CT molecular complexity index is 549. The summed E-state index contributed by atoms with van der Waals surface area (Å²) in [5.41, 5.74) is 1.70. The van der Waals surface area contributed by atoms with Crippen LogP contribution in [-0.4, -0.2) is 21.1 Å². The van der Waals surface area contributed by atoms with Crippen LogP contribution < -0.4 is 0 Å². The second kappa shape index (κ2) is 4.50. The number of hydrogen-bond acceptors (Lipinski definition) is 2. The lowest BCUT2D eigenvalue weighted by atomic mass is 10.2. The molecule has 1 aliphatic heterocycles. The number of hydrogen-bond donors (Lipinski definition) is 0. The molecular formula is C12H12ClFN2S. The minimum Gasteiger partial charge on any atom is -0.323 e. The number of alkyl halides is 1. The fourth-order valence-corrected chi connectivity index (χ4v) is 3.73. The van der Waals surface area contributed by atoms with E-state index >= 15 is 0 Å². The maximum absolute atomic E-state index is 13.2. The average Bonchev–Trinajstić information content (AvgIpc) is 2.93. The molecule has 0 saturated carbocycles. The molecule has 2 nitrogen and oxygen atoms in total. The van der Waals surface area contributed by atoms with Gasteiger partial charge < -0.3 is 4.57 Å². The number of aromatic nitrogens is 2. The van der Waals surface area contributed by atoms with Crippen molar-refractivity contribution in [2.45, 2.75) is 18.3 Å². The van der Waals surface area contributed by atoms with Gasteiger partial charge in [0.2, 0.25) is 0 Å². The lowest BCUT2D eigenvalue weighted by Crippen LogP contribution is -2.10. The van der Waals surface area contributed by atoms with E-state index in [9.17, 15) is 4.39 Å². The number of imidazole rings is 1. The lowest BCUT2D eigenvalue weighted by Gasteiger charge is -2.14. The van der Waals surface area contributed by atoms with Gasteiger partial charge in [-0.15, -0.1) is 11.6 Å². The van der Waals surface area contributed by atoms with Crippen LogP contribution in [0, 0.1) is 5.82 Å². The molecular weight excluding hydrogens is 259 g/mol. The molecule has 2 heterocycles. The fraction of sp³-hybridized carbons (Fsp3) is 0.417. The highest BCUT2D eigenvalue weighted by atomic mass is 35.5. The second-order valence-electron chi connectivity index (χ2n) is 4.18. The number of benzene rings is 1. The van der Waals surface area contributed by atoms with Crippen LogP contribution in [0.5, 0.6) is 0 Å². The molecule has 0 spiro atoms. The zero-order valence-electron chi connectivity index (χ0n) is 9.20. The van der Waals surface area contributed by atoms with Crippen molar-refractivity contribution in [3.8, 4) is 0 Å². The molecule has 1 atom stereocenters. The molecule has 0 radical (unpaired) electrons. The van der Waals surface area contributed by atoms with E-state index < -0.39 is 0 Å². The highest BCUT2D eigenvalue weighted by Gasteiger charge is 2.22. The first kappa shape index (κ1) is 11.4. The van der Waals surface area contributed by atoms with E-state index in [1.54, 1.807) is 6.07 Å². The van der Waals surface area contributed by atoms with Gasteiger partial charge in [0, 0.05) is 17.9 Å². The van der Waals surface area contributed by atoms with E-state index in [1.165, 1.54) is 17.9 Å². The van der Waals surface area contributed by atoms with Crippen molar-refractivity contribution < 1.29 is 4.39 Å². The third-order valence-electron chi connectivity index (χ3n) is 3.11. The molecule has 1 aliphatic rings. The predicted octanol–water partition coefficient (Wildman–Crippen LogP) is 3.59. The SMILES string of the molecule is Fc1ccc2c(c1)nc(CCl)n2C1CCSC1. The second-order valence-corrected chi connectivity index (χ2v) is 5.60. The minimum absolute atomic E-state index is 0.246. The molecule has 0 bridgehead atoms. The smallest absolute Gasteiger partial charge is 0.125 e. The summed E-state index contributed by atoms with van der Waals surface area (Å²) in [6.45, 7) is 0. The summed E-state index contributed by atoms with van der Waals surface area (Å²) in [5.74, 6) is 3.24. The quantitative estimate of drug-likeness (QED) is 0.776. The molecule has 1 aromatic heterocycles. The van der Waals surface area contributed by atoms with Gasteiger partial charge in [0.15, 0.2) is 0 Å². The van der Waals surface area contributed by atoms with Gasteiger partial charge in [0.25, 0.3) is 0 Å². The Labute approximate surface area is 108 Å². The molecule has 5 heteroatoms. The summed E-state index contributed by atoms with van der Waals surface area (Å²) >= 11 is 7.88. The monoisotopic (exact) mass is 270 g/mol. The standard InChI is InChI=1S/C12H12ClFN2S/c13-6-12-15-10-5-8(14)1-2-11(10)16(12)9-3-4-17-7-9/h1-2,5,9H,3-4,6-7H2. The first-order valence-electron chi connectivity index (χ1n) is 5.59. The molecule has 90 valence electrons. The molecule has 1 fully saturated rings. The zero-order valence-corrected chi connectivity index (χ0v) is 10.8. The molecule has 1 aromatic carbocycles. The van der Waals surface area contributed by atoms with Gasteiger partial charge in [-0.1, -0.05) is 0 Å². The maximum Gasteiger partial charge on any atom is 0.125 e. The van der Waals surface area contributed by atoms with Crippen LogP contribution in [-0.2, 0) is 5.88 Å². The van der Waals surface area contributed by atoms with Crippen LogP contribution in [0.3, 0.4) is 0 Å². The zero-order chi connectivity index (χ0) is 11.8. The van der Waals surface area contributed by atoms with Crippen molar-refractivity contribution in [1.29, 1.82) is 0 Å². The van der Waals surface area contributed by atoms with Crippen molar-refractivity contribution in [2.24, 2.45) is 0 Å². The van der Waals surface area contributed by atoms with Crippen LogP contribution >= 0.6 is 23.4 Å². The Morgan fingerprint density at radius 2 is 2.41 bits per heavy atom. The van der Waals surface area contributed by atoms with Gasteiger partial charge >= 0.3 is 0 Å². The molecule has 2 aromatic rings. The number of nitrogens with zero attached hydrogens (tertiary/aromatic N) is 2. The summed E-state index contributed by atoms with van der Waals surface area (Å²) in [6, 6.07) is 5.21. The first-order valence-corrected chi connectivity index (χ1v) is 7.28. The van der Waals surface area contributed by atoms with E-state index in [0.29, 0.717) is 17.4 Å². The van der Waals surface area contributed by atoms with Gasteiger partial charge in [-0.25, -0.2) is 9.37 Å². The highest BCUT2D eigenvalue weighted by Crippen LogP contribution is 2.32. The van der Waals surface area contributed by atoms with E-state index in [1.807, 2.05) is 11.8 Å². The van der Waals surface area contributed by atoms with Gasteiger partial charge in [-0.2, -0.15) is 11.8 Å². The van der Waals surface area contributed by atoms with Gasteiger partial charge in [0.05, 0.1) is 16.9 Å². The normalized spacial score (nSPS) is 20.2. The molecule has 0 aliphatic carbocycles. The maximum atomic E-state index is 13.2. The topological polar surface area (TPSA) is 17.8 Å².